The predicted molar refractivity (Wildman–Crippen MR) is 128 cm³/mol. The second-order valence-electron chi connectivity index (χ2n) is 9.01. The Labute approximate surface area is 209 Å². The number of nitriles is 1. The van der Waals surface area contributed by atoms with E-state index in [0.29, 0.717) is 5.56 Å². The number of sulfonamides is 1. The minimum atomic E-state index is -3.84. The van der Waals surface area contributed by atoms with Crippen molar-refractivity contribution < 1.29 is 26.8 Å². The highest BCUT2D eigenvalue weighted by molar-refractivity contribution is 7.89. The van der Waals surface area contributed by atoms with Gasteiger partial charge in [0.25, 0.3) is 11.8 Å². The third kappa shape index (κ3) is 5.71. The molecule has 2 amide bonds. The number of carbonyl (C=O) groups is 2. The summed E-state index contributed by atoms with van der Waals surface area (Å²) < 4.78 is 53.6. The monoisotopic (exact) mass is 518 g/mol. The van der Waals surface area contributed by atoms with Crippen LogP contribution in [0.15, 0.2) is 53.4 Å². The van der Waals surface area contributed by atoms with E-state index in [9.17, 15) is 26.8 Å². The van der Waals surface area contributed by atoms with Gasteiger partial charge < -0.3 is 10.2 Å². The molecule has 0 spiro atoms. The number of rotatable bonds is 8. The van der Waals surface area contributed by atoms with Crippen molar-refractivity contribution in [3.8, 4) is 6.07 Å². The predicted octanol–water partition coefficient (Wildman–Crippen LogP) is 3.28. The number of benzene rings is 2. The second kappa shape index (κ2) is 10.3. The Bertz CT molecular complexity index is 1280. The SMILES string of the molecule is C[C@H](C(=O)N[C@H](C)c1ccc(C(C)(F)F)cc1)N(C)C(=O)c1cccc(S(=O)(=O)N2CC(C#N)C2)c1. The molecule has 0 radical (unpaired) electrons. The number of carbonyl (C=O) groups excluding carboxylic acids is 2. The zero-order valence-corrected chi connectivity index (χ0v) is 21.2. The number of nitrogens with zero attached hydrogens (tertiary/aromatic N) is 3. The summed E-state index contributed by atoms with van der Waals surface area (Å²) >= 11 is 0. The van der Waals surface area contributed by atoms with Gasteiger partial charge in [-0.05, 0) is 37.6 Å². The lowest BCUT2D eigenvalue weighted by atomic mass is 10.0. The molecular formula is C25H28F2N4O4S. The molecule has 8 nitrogen and oxygen atoms in total. The number of nitrogens with one attached hydrogen (secondary N) is 1. The van der Waals surface area contributed by atoms with Crippen LogP contribution in [-0.4, -0.2) is 55.6 Å². The number of hydrogen-bond acceptors (Lipinski definition) is 5. The lowest BCUT2D eigenvalue weighted by molar-refractivity contribution is -0.125. The van der Waals surface area contributed by atoms with Crippen molar-refractivity contribution in [2.75, 3.05) is 20.1 Å². The van der Waals surface area contributed by atoms with Crippen LogP contribution in [0, 0.1) is 17.2 Å². The highest BCUT2D eigenvalue weighted by atomic mass is 32.2. The lowest BCUT2D eigenvalue weighted by Crippen LogP contribution is -2.49. The van der Waals surface area contributed by atoms with Crippen molar-refractivity contribution in [2.45, 2.75) is 43.7 Å². The Hall–Kier alpha value is -3.36. The molecule has 0 unspecified atom stereocenters. The molecule has 192 valence electrons. The molecular weight excluding hydrogens is 490 g/mol. The fourth-order valence-corrected chi connectivity index (χ4v) is 5.27. The molecule has 1 aliphatic heterocycles. The van der Waals surface area contributed by atoms with Crippen molar-refractivity contribution in [1.29, 1.82) is 5.26 Å². The molecule has 1 aliphatic rings. The van der Waals surface area contributed by atoms with Crippen LogP contribution in [0.2, 0.25) is 0 Å². The van der Waals surface area contributed by atoms with E-state index in [0.717, 1.165) is 6.92 Å². The maximum absolute atomic E-state index is 13.4. The Kier molecular flexibility index (Phi) is 7.81. The highest BCUT2D eigenvalue weighted by Crippen LogP contribution is 2.28. The van der Waals surface area contributed by atoms with Gasteiger partial charge in [-0.2, -0.15) is 9.57 Å². The van der Waals surface area contributed by atoms with Crippen molar-refractivity contribution in [3.63, 3.8) is 0 Å². The molecule has 1 saturated heterocycles. The van der Waals surface area contributed by atoms with Crippen LogP contribution in [0.25, 0.3) is 0 Å². The molecule has 1 heterocycles. The van der Waals surface area contributed by atoms with E-state index >= 15 is 0 Å². The molecule has 1 fully saturated rings. The Morgan fingerprint density at radius 2 is 1.78 bits per heavy atom. The first-order valence-electron chi connectivity index (χ1n) is 11.3. The summed E-state index contributed by atoms with van der Waals surface area (Å²) in [5.74, 6) is -4.32. The summed E-state index contributed by atoms with van der Waals surface area (Å²) in [7, 11) is -2.40. The summed E-state index contributed by atoms with van der Waals surface area (Å²) in [5, 5.41) is 11.7. The van der Waals surface area contributed by atoms with Crippen LogP contribution in [-0.2, 0) is 20.7 Å². The average molecular weight is 519 g/mol. The average Bonchev–Trinajstić information content (AvgIpc) is 2.81. The molecule has 2 atom stereocenters. The molecule has 0 aliphatic carbocycles. The van der Waals surface area contributed by atoms with Gasteiger partial charge in [0.05, 0.1) is 22.9 Å². The first kappa shape index (κ1) is 27.2. The van der Waals surface area contributed by atoms with Crippen molar-refractivity contribution in [1.82, 2.24) is 14.5 Å². The largest absolute Gasteiger partial charge is 0.348 e. The minimum absolute atomic E-state index is 0.0648. The molecule has 2 aromatic rings. The van der Waals surface area contributed by atoms with Crippen LogP contribution in [0.3, 0.4) is 0 Å². The van der Waals surface area contributed by atoms with Gasteiger partial charge in [0.2, 0.25) is 15.9 Å². The summed E-state index contributed by atoms with van der Waals surface area (Å²) in [6, 6.07) is 11.8. The number of amides is 2. The Balaban J connectivity index is 1.67. The van der Waals surface area contributed by atoms with Gasteiger partial charge in [-0.25, -0.2) is 17.2 Å². The number of alkyl halides is 2. The zero-order valence-electron chi connectivity index (χ0n) is 20.4. The van der Waals surface area contributed by atoms with E-state index in [2.05, 4.69) is 5.32 Å². The molecule has 36 heavy (non-hydrogen) atoms. The molecule has 11 heteroatoms. The minimum Gasteiger partial charge on any atom is -0.348 e. The highest BCUT2D eigenvalue weighted by Gasteiger charge is 2.37. The number of halogens is 2. The van der Waals surface area contributed by atoms with E-state index in [-0.39, 0.29) is 35.0 Å². The molecule has 2 aromatic carbocycles. The van der Waals surface area contributed by atoms with Crippen molar-refractivity contribution in [3.05, 3.63) is 65.2 Å². The summed E-state index contributed by atoms with van der Waals surface area (Å²) in [6.07, 6.45) is 0. The summed E-state index contributed by atoms with van der Waals surface area (Å²) in [4.78, 5) is 27.0. The Morgan fingerprint density at radius 3 is 2.33 bits per heavy atom. The topological polar surface area (TPSA) is 111 Å². The van der Waals surface area contributed by atoms with Crippen LogP contribution in [0.5, 0.6) is 0 Å². The van der Waals surface area contributed by atoms with E-state index in [1.165, 1.54) is 71.7 Å². The third-order valence-corrected chi connectivity index (χ3v) is 8.13. The van der Waals surface area contributed by atoms with Crippen LogP contribution < -0.4 is 5.32 Å². The molecule has 1 N–H and O–H groups in total. The molecule has 0 aromatic heterocycles. The van der Waals surface area contributed by atoms with Gasteiger partial charge in [0.15, 0.2) is 0 Å². The van der Waals surface area contributed by atoms with Crippen LogP contribution in [0.1, 0.15) is 48.3 Å². The van der Waals surface area contributed by atoms with Gasteiger partial charge in [0, 0.05) is 38.2 Å². The van der Waals surface area contributed by atoms with E-state index in [4.69, 9.17) is 5.26 Å². The maximum Gasteiger partial charge on any atom is 0.270 e. The van der Waals surface area contributed by atoms with Gasteiger partial charge in [-0.15, -0.1) is 0 Å². The first-order chi connectivity index (χ1) is 16.8. The quantitative estimate of drug-likeness (QED) is 0.577. The molecule has 0 bridgehead atoms. The third-order valence-electron chi connectivity index (χ3n) is 6.31. The zero-order chi connectivity index (χ0) is 26.8. The van der Waals surface area contributed by atoms with Gasteiger partial charge in [-0.3, -0.25) is 9.59 Å². The number of likely N-dealkylation sites (N-methyl/N-ethyl adjacent to an activating group) is 1. The molecule has 3 rings (SSSR count). The van der Waals surface area contributed by atoms with Gasteiger partial charge in [0.1, 0.15) is 6.04 Å². The fourth-order valence-electron chi connectivity index (χ4n) is 3.69. The van der Waals surface area contributed by atoms with Crippen LogP contribution in [0.4, 0.5) is 8.78 Å². The van der Waals surface area contributed by atoms with E-state index in [1.54, 1.807) is 6.92 Å². The van der Waals surface area contributed by atoms with Crippen LogP contribution >= 0.6 is 0 Å². The van der Waals surface area contributed by atoms with Gasteiger partial charge in [-0.1, -0.05) is 30.3 Å². The van der Waals surface area contributed by atoms with E-state index in [1.807, 2.05) is 6.07 Å². The first-order valence-corrected chi connectivity index (χ1v) is 12.8. The maximum atomic E-state index is 13.4. The Morgan fingerprint density at radius 1 is 1.17 bits per heavy atom. The lowest BCUT2D eigenvalue weighted by Gasteiger charge is -2.34. The summed E-state index contributed by atoms with van der Waals surface area (Å²) in [5.41, 5.74) is 0.589. The smallest absolute Gasteiger partial charge is 0.270 e. The summed E-state index contributed by atoms with van der Waals surface area (Å²) in [6.45, 7) is 4.25. The number of hydrogen-bond donors (Lipinski definition) is 1. The normalized spacial score (nSPS) is 16.4. The van der Waals surface area contributed by atoms with Crippen molar-refractivity contribution in [2.24, 2.45) is 5.92 Å². The fraction of sp³-hybridized carbons (Fsp3) is 0.400. The van der Waals surface area contributed by atoms with E-state index < -0.39 is 39.8 Å². The van der Waals surface area contributed by atoms with Crippen molar-refractivity contribution >= 4 is 21.8 Å². The second-order valence-corrected chi connectivity index (χ2v) is 10.9. The standard InChI is InChI=1S/C25H28F2N4O4S/c1-16(19-8-10-21(11-9-19)25(3,26)27)29-23(32)17(2)30(4)24(33)20-6-5-7-22(12-20)36(34,35)31-14-18(13-28)15-31/h5-12,16-18H,14-15H2,1-4H3,(H,29,32)/t16-,17-/m1/s1. The molecule has 0 saturated carbocycles. The van der Waals surface area contributed by atoms with Gasteiger partial charge >= 0.3 is 0 Å².